The van der Waals surface area contributed by atoms with E-state index in [9.17, 15) is 18.1 Å². The fraction of sp³-hybridized carbons (Fsp3) is 0.455. The molecule has 0 saturated heterocycles. The fourth-order valence-corrected chi connectivity index (χ4v) is 3.81. The van der Waals surface area contributed by atoms with E-state index in [-0.39, 0.29) is 57.1 Å². The van der Waals surface area contributed by atoms with Crippen LogP contribution in [-0.4, -0.2) is 13.0 Å². The molecule has 0 unspecified atom stereocenters. The van der Waals surface area contributed by atoms with Crippen LogP contribution in [0.2, 0.25) is 0 Å². The minimum atomic E-state index is -4.57. The molecule has 1 N–H and O–H groups in total. The second kappa shape index (κ2) is 13.8. The molecule has 0 atom stereocenters. The number of aryl methyl sites for hydroxylation is 1. The van der Waals surface area contributed by atoms with Crippen LogP contribution in [0.1, 0.15) is 63.9 Å². The zero-order valence-corrected chi connectivity index (χ0v) is 21.3. The molecule has 0 saturated carbocycles. The minimum absolute atomic E-state index is 0. The Morgan fingerprint density at radius 2 is 1.52 bits per heavy atom. The van der Waals surface area contributed by atoms with Gasteiger partial charge in [0.25, 0.3) is 10.1 Å². The van der Waals surface area contributed by atoms with Gasteiger partial charge in [0.1, 0.15) is 16.4 Å². The number of ether oxygens (including phenoxy) is 1. The van der Waals surface area contributed by atoms with Crippen molar-refractivity contribution in [1.29, 1.82) is 0 Å². The van der Waals surface area contributed by atoms with Gasteiger partial charge in [-0.2, -0.15) is 8.42 Å². The summed E-state index contributed by atoms with van der Waals surface area (Å²) >= 11 is 0. The number of hydrogen-bond donors (Lipinski definition) is 1. The normalized spacial score (nSPS) is 11.1. The molecule has 0 aliphatic heterocycles. The molecule has 5 nitrogen and oxygen atoms in total. The predicted octanol–water partition coefficient (Wildman–Crippen LogP) is 2.49. The predicted molar refractivity (Wildman–Crippen MR) is 109 cm³/mol. The summed E-state index contributed by atoms with van der Waals surface area (Å²) in [6, 6.07) is 11.2. The molecule has 29 heavy (non-hydrogen) atoms. The molecular formula is C22H29KO5S. The van der Waals surface area contributed by atoms with Gasteiger partial charge in [0.15, 0.2) is 0 Å². The largest absolute Gasteiger partial charge is 1.00 e. The smallest absolute Gasteiger partial charge is 0.870 e. The SMILES string of the molecule is CCCCCCCCCCc1cc([O-])c(Oc2ccccc2)c(S(=O)(=O)O)c1.[K+]. The quantitative estimate of drug-likeness (QED) is 0.309. The maximum atomic E-state index is 12.4. The maximum absolute atomic E-state index is 12.4. The first kappa shape index (κ1) is 26.6. The van der Waals surface area contributed by atoms with Crippen molar-refractivity contribution in [2.75, 3.05) is 0 Å². The average molecular weight is 445 g/mol. The van der Waals surface area contributed by atoms with Crippen LogP contribution in [0.3, 0.4) is 0 Å². The van der Waals surface area contributed by atoms with Gasteiger partial charge in [-0.15, -0.1) is 0 Å². The Labute approximate surface area is 217 Å². The molecule has 2 aromatic carbocycles. The molecule has 0 amide bonds. The summed E-state index contributed by atoms with van der Waals surface area (Å²) in [6.07, 6.45) is 9.87. The number of benzene rings is 2. The molecular weight excluding hydrogens is 415 g/mol. The first-order valence-corrected chi connectivity index (χ1v) is 11.4. The molecule has 0 fully saturated rings. The van der Waals surface area contributed by atoms with Crippen LogP contribution in [-0.2, 0) is 16.5 Å². The van der Waals surface area contributed by atoms with E-state index < -0.39 is 20.8 Å². The third-order valence-electron chi connectivity index (χ3n) is 4.64. The van der Waals surface area contributed by atoms with Crippen molar-refractivity contribution in [2.45, 2.75) is 69.6 Å². The van der Waals surface area contributed by atoms with Crippen LogP contribution in [0.15, 0.2) is 47.4 Å². The van der Waals surface area contributed by atoms with Gasteiger partial charge in [-0.25, -0.2) is 0 Å². The van der Waals surface area contributed by atoms with Gasteiger partial charge in [0.05, 0.1) is 0 Å². The second-order valence-corrected chi connectivity index (χ2v) is 8.43. The summed E-state index contributed by atoms with van der Waals surface area (Å²) in [5.74, 6) is -0.581. The Morgan fingerprint density at radius 1 is 0.931 bits per heavy atom. The topological polar surface area (TPSA) is 86.7 Å². The van der Waals surface area contributed by atoms with E-state index in [1.54, 1.807) is 30.3 Å². The maximum Gasteiger partial charge on any atom is 1.00 e. The van der Waals surface area contributed by atoms with Crippen molar-refractivity contribution < 1.29 is 74.2 Å². The van der Waals surface area contributed by atoms with Gasteiger partial charge in [0.2, 0.25) is 0 Å². The third kappa shape index (κ3) is 9.51. The summed E-state index contributed by atoms with van der Waals surface area (Å²) in [6.45, 7) is 2.20. The summed E-state index contributed by atoms with van der Waals surface area (Å²) in [4.78, 5) is -0.474. The molecule has 7 heteroatoms. The second-order valence-electron chi connectivity index (χ2n) is 7.04. The molecule has 0 spiro atoms. The van der Waals surface area contributed by atoms with E-state index in [0.717, 1.165) is 19.3 Å². The van der Waals surface area contributed by atoms with E-state index in [1.807, 2.05) is 0 Å². The Bertz CT molecular complexity index is 838. The van der Waals surface area contributed by atoms with Gasteiger partial charge >= 0.3 is 51.4 Å². The van der Waals surface area contributed by atoms with Crippen LogP contribution >= 0.6 is 0 Å². The number of unbranched alkanes of at least 4 members (excludes halogenated alkanes) is 7. The zero-order valence-electron chi connectivity index (χ0n) is 17.4. The summed E-state index contributed by atoms with van der Waals surface area (Å²) < 4.78 is 38.6. The third-order valence-corrected chi connectivity index (χ3v) is 5.50. The van der Waals surface area contributed by atoms with E-state index in [2.05, 4.69) is 6.92 Å². The van der Waals surface area contributed by atoms with Crippen LogP contribution in [0, 0.1) is 0 Å². The van der Waals surface area contributed by atoms with Gasteiger partial charge in [-0.3, -0.25) is 4.55 Å². The first-order chi connectivity index (χ1) is 13.4. The molecule has 2 aromatic rings. The molecule has 0 aliphatic carbocycles. The number of para-hydroxylation sites is 1. The van der Waals surface area contributed by atoms with Crippen molar-refractivity contribution in [3.63, 3.8) is 0 Å². The van der Waals surface area contributed by atoms with Crippen LogP contribution in [0.4, 0.5) is 0 Å². The average Bonchev–Trinajstić information content (AvgIpc) is 2.65. The Hall–Kier alpha value is -0.414. The molecule has 0 aromatic heterocycles. The first-order valence-electron chi connectivity index (χ1n) is 9.96. The molecule has 0 heterocycles. The molecule has 0 aliphatic rings. The minimum Gasteiger partial charge on any atom is -0.870 e. The van der Waals surface area contributed by atoms with Crippen LogP contribution in [0.5, 0.6) is 17.2 Å². The van der Waals surface area contributed by atoms with Crippen LogP contribution < -0.4 is 61.2 Å². The van der Waals surface area contributed by atoms with E-state index >= 15 is 0 Å². The van der Waals surface area contributed by atoms with E-state index in [0.29, 0.717) is 17.7 Å². The summed E-state index contributed by atoms with van der Waals surface area (Å²) in [5.41, 5.74) is 0.601. The summed E-state index contributed by atoms with van der Waals surface area (Å²) in [7, 11) is -4.57. The number of hydrogen-bond acceptors (Lipinski definition) is 4. The van der Waals surface area contributed by atoms with Gasteiger partial charge in [-0.05, 0) is 36.6 Å². The fourth-order valence-electron chi connectivity index (χ4n) is 3.14. The number of rotatable bonds is 12. The van der Waals surface area contributed by atoms with Crippen molar-refractivity contribution in [1.82, 2.24) is 0 Å². The van der Waals surface area contributed by atoms with Crippen molar-refractivity contribution in [3.05, 3.63) is 48.0 Å². The van der Waals surface area contributed by atoms with Crippen molar-refractivity contribution in [2.24, 2.45) is 0 Å². The zero-order chi connectivity index (χ0) is 20.4. The van der Waals surface area contributed by atoms with Crippen LogP contribution in [0.25, 0.3) is 0 Å². The van der Waals surface area contributed by atoms with E-state index in [1.165, 1.54) is 44.2 Å². The monoisotopic (exact) mass is 444 g/mol. The standard InChI is InChI=1S/C22H30O5S.K/c1-2-3-4-5-6-7-8-10-13-18-16-20(23)22(21(17-18)28(24,25)26)27-19-14-11-9-12-15-19;/h9,11-12,14-17,23H,2-8,10,13H2,1H3,(H,24,25,26);/q;+1/p-1. The molecule has 0 bridgehead atoms. The van der Waals surface area contributed by atoms with Gasteiger partial charge in [0, 0.05) is 0 Å². The molecule has 2 rings (SSSR count). The molecule has 0 radical (unpaired) electrons. The van der Waals surface area contributed by atoms with E-state index in [4.69, 9.17) is 4.74 Å². The van der Waals surface area contributed by atoms with Gasteiger partial charge < -0.3 is 9.84 Å². The Balaban J connectivity index is 0.00000420. The summed E-state index contributed by atoms with van der Waals surface area (Å²) in [5, 5.41) is 12.4. The van der Waals surface area contributed by atoms with Crippen molar-refractivity contribution >= 4 is 10.1 Å². The Morgan fingerprint density at radius 3 is 2.10 bits per heavy atom. The molecule has 154 valence electrons. The van der Waals surface area contributed by atoms with Gasteiger partial charge in [-0.1, -0.05) is 81.9 Å². The Kier molecular flexibility index (Phi) is 12.7. The van der Waals surface area contributed by atoms with Crippen molar-refractivity contribution in [3.8, 4) is 17.2 Å².